The highest BCUT2D eigenvalue weighted by atomic mass is 32.1. The lowest BCUT2D eigenvalue weighted by Crippen LogP contribution is -2.38. The smallest absolute Gasteiger partial charge is 0.322 e. The highest BCUT2D eigenvalue weighted by Gasteiger charge is 2.18. The molecule has 1 unspecified atom stereocenters. The second-order valence-electron chi connectivity index (χ2n) is 4.78. The number of carboxylic acids is 1. The third-order valence-corrected chi connectivity index (χ3v) is 4.37. The van der Waals surface area contributed by atoms with Crippen LogP contribution in [-0.2, 0) is 9.59 Å². The maximum atomic E-state index is 11.6. The molecule has 0 aliphatic carbocycles. The normalized spacial score (nSPS) is 12.5. The van der Waals surface area contributed by atoms with Crippen molar-refractivity contribution in [3.63, 3.8) is 0 Å². The Labute approximate surface area is 126 Å². The van der Waals surface area contributed by atoms with Crippen LogP contribution in [0.1, 0.15) is 18.0 Å². The van der Waals surface area contributed by atoms with Gasteiger partial charge in [0.05, 0.1) is 22.8 Å². The van der Waals surface area contributed by atoms with Gasteiger partial charge in [-0.2, -0.15) is 0 Å². The van der Waals surface area contributed by atoms with Gasteiger partial charge >= 0.3 is 5.97 Å². The predicted octanol–water partition coefficient (Wildman–Crippen LogP) is 1.49. The van der Waals surface area contributed by atoms with Crippen molar-refractivity contribution in [1.82, 2.24) is 15.2 Å². The van der Waals surface area contributed by atoms with E-state index in [0.717, 1.165) is 15.2 Å². The number of carboxylic acid groups (broad SMARTS) is 1. The van der Waals surface area contributed by atoms with Gasteiger partial charge in [0.25, 0.3) is 0 Å². The first kappa shape index (κ1) is 15.4. The van der Waals surface area contributed by atoms with Gasteiger partial charge in [-0.05, 0) is 26.1 Å². The van der Waals surface area contributed by atoms with Crippen LogP contribution >= 0.6 is 11.3 Å². The fourth-order valence-electron chi connectivity index (χ4n) is 1.85. The molecule has 112 valence electrons. The number of hydrogen-bond acceptors (Lipinski definition) is 5. The molecule has 2 N–H and O–H groups in total. The van der Waals surface area contributed by atoms with Crippen molar-refractivity contribution < 1.29 is 14.7 Å². The monoisotopic (exact) mass is 307 g/mol. The number of hydrogen-bond donors (Lipinski definition) is 2. The molecule has 0 aliphatic heterocycles. The van der Waals surface area contributed by atoms with Crippen molar-refractivity contribution in [2.45, 2.75) is 13.0 Å². The third kappa shape index (κ3) is 3.99. The second-order valence-corrected chi connectivity index (χ2v) is 5.84. The zero-order chi connectivity index (χ0) is 15.4. The zero-order valence-corrected chi connectivity index (χ0v) is 12.7. The molecule has 21 heavy (non-hydrogen) atoms. The summed E-state index contributed by atoms with van der Waals surface area (Å²) in [5.74, 6) is -1.36. The van der Waals surface area contributed by atoms with E-state index in [0.29, 0.717) is 0 Å². The lowest BCUT2D eigenvalue weighted by Gasteiger charge is -2.21. The Bertz CT molecular complexity index is 623. The predicted molar refractivity (Wildman–Crippen MR) is 81.3 cm³/mol. The Hall–Kier alpha value is -1.99. The van der Waals surface area contributed by atoms with E-state index < -0.39 is 5.97 Å². The maximum absolute atomic E-state index is 11.6. The van der Waals surface area contributed by atoms with Crippen LogP contribution in [0.2, 0.25) is 0 Å². The number of nitrogens with zero attached hydrogens (tertiary/aromatic N) is 2. The molecule has 1 aromatic carbocycles. The molecule has 6 nitrogen and oxygen atoms in total. The van der Waals surface area contributed by atoms with Crippen LogP contribution in [0.25, 0.3) is 10.2 Å². The molecule has 0 aliphatic rings. The van der Waals surface area contributed by atoms with E-state index in [1.54, 1.807) is 11.3 Å². The SMILES string of the molecule is CC(c1nc2ccccc2s1)N(C)CC(=O)NCC(=O)O. The van der Waals surface area contributed by atoms with Crippen LogP contribution in [0.3, 0.4) is 0 Å². The van der Waals surface area contributed by atoms with Crippen molar-refractivity contribution >= 4 is 33.4 Å². The molecular weight excluding hydrogens is 290 g/mol. The molecule has 2 rings (SSSR count). The van der Waals surface area contributed by atoms with Crippen molar-refractivity contribution in [2.75, 3.05) is 20.1 Å². The van der Waals surface area contributed by atoms with E-state index >= 15 is 0 Å². The molecule has 1 atom stereocenters. The minimum Gasteiger partial charge on any atom is -0.480 e. The largest absolute Gasteiger partial charge is 0.480 e. The average Bonchev–Trinajstić information content (AvgIpc) is 2.88. The number of carbonyl (C=O) groups is 2. The van der Waals surface area contributed by atoms with Gasteiger partial charge in [-0.1, -0.05) is 12.1 Å². The number of amides is 1. The number of thiazole rings is 1. The number of fused-ring (bicyclic) bond motifs is 1. The zero-order valence-electron chi connectivity index (χ0n) is 11.9. The van der Waals surface area contributed by atoms with Gasteiger partial charge < -0.3 is 10.4 Å². The summed E-state index contributed by atoms with van der Waals surface area (Å²) < 4.78 is 1.11. The van der Waals surface area contributed by atoms with Crippen molar-refractivity contribution in [3.8, 4) is 0 Å². The highest BCUT2D eigenvalue weighted by Crippen LogP contribution is 2.28. The maximum Gasteiger partial charge on any atom is 0.322 e. The van der Waals surface area contributed by atoms with Crippen molar-refractivity contribution in [1.29, 1.82) is 0 Å². The molecule has 0 spiro atoms. The molecule has 0 bridgehead atoms. The van der Waals surface area contributed by atoms with Crippen LogP contribution in [0.4, 0.5) is 0 Å². The number of carbonyl (C=O) groups excluding carboxylic acids is 1. The van der Waals surface area contributed by atoms with Gasteiger partial charge in [0, 0.05) is 0 Å². The van der Waals surface area contributed by atoms with Crippen LogP contribution in [0, 0.1) is 0 Å². The van der Waals surface area contributed by atoms with Gasteiger partial charge in [-0.15, -0.1) is 11.3 Å². The first-order chi connectivity index (χ1) is 9.97. The number of aliphatic carboxylic acids is 1. The molecule has 0 fully saturated rings. The number of rotatable bonds is 6. The lowest BCUT2D eigenvalue weighted by molar-refractivity contribution is -0.138. The summed E-state index contributed by atoms with van der Waals surface area (Å²) in [5, 5.41) is 11.8. The topological polar surface area (TPSA) is 82.5 Å². The molecule has 0 saturated heterocycles. The Morgan fingerprint density at radius 1 is 1.43 bits per heavy atom. The fourth-order valence-corrected chi connectivity index (χ4v) is 2.94. The van der Waals surface area contributed by atoms with E-state index in [1.807, 2.05) is 43.1 Å². The number of likely N-dealkylation sites (N-methyl/N-ethyl adjacent to an activating group) is 1. The van der Waals surface area contributed by atoms with Crippen molar-refractivity contribution in [3.05, 3.63) is 29.3 Å². The molecule has 1 amide bonds. The summed E-state index contributed by atoms with van der Waals surface area (Å²) in [6.07, 6.45) is 0. The van der Waals surface area contributed by atoms with Gasteiger partial charge in [-0.25, -0.2) is 4.98 Å². The first-order valence-corrected chi connectivity index (χ1v) is 7.33. The molecule has 0 radical (unpaired) electrons. The Kier molecular flexibility index (Phi) is 4.87. The van der Waals surface area contributed by atoms with E-state index in [9.17, 15) is 9.59 Å². The van der Waals surface area contributed by atoms with Gasteiger partial charge in [0.2, 0.25) is 5.91 Å². The molecular formula is C14H17N3O3S. The summed E-state index contributed by atoms with van der Waals surface area (Å²) >= 11 is 1.60. The first-order valence-electron chi connectivity index (χ1n) is 6.51. The fraction of sp³-hybridized carbons (Fsp3) is 0.357. The van der Waals surface area contributed by atoms with Crippen LogP contribution in [-0.4, -0.2) is 47.0 Å². The standard InChI is InChI=1S/C14H17N3O3S/c1-9(17(2)8-12(18)15-7-13(19)20)14-16-10-5-3-4-6-11(10)21-14/h3-6,9H,7-8H2,1-2H3,(H,15,18)(H,19,20). The Balaban J connectivity index is 1.99. The highest BCUT2D eigenvalue weighted by molar-refractivity contribution is 7.18. The van der Waals surface area contributed by atoms with E-state index in [4.69, 9.17) is 5.11 Å². The van der Waals surface area contributed by atoms with Gasteiger partial charge in [0.1, 0.15) is 11.6 Å². The molecule has 2 aromatic rings. The van der Waals surface area contributed by atoms with Gasteiger partial charge in [-0.3, -0.25) is 14.5 Å². The van der Waals surface area contributed by atoms with Crippen molar-refractivity contribution in [2.24, 2.45) is 0 Å². The number of aromatic nitrogens is 1. The number of para-hydroxylation sites is 1. The minimum absolute atomic E-state index is 0.0158. The van der Waals surface area contributed by atoms with Crippen LogP contribution in [0.5, 0.6) is 0 Å². The summed E-state index contributed by atoms with van der Waals surface area (Å²) in [7, 11) is 1.82. The Morgan fingerprint density at radius 2 is 2.14 bits per heavy atom. The molecule has 1 heterocycles. The quantitative estimate of drug-likeness (QED) is 0.845. The molecule has 7 heteroatoms. The van der Waals surface area contributed by atoms with E-state index in [-0.39, 0.29) is 25.0 Å². The summed E-state index contributed by atoms with van der Waals surface area (Å²) in [4.78, 5) is 28.4. The van der Waals surface area contributed by atoms with E-state index in [2.05, 4.69) is 10.3 Å². The average molecular weight is 307 g/mol. The second kappa shape index (κ2) is 6.64. The number of nitrogens with one attached hydrogen (secondary N) is 1. The Morgan fingerprint density at radius 3 is 2.81 bits per heavy atom. The third-order valence-electron chi connectivity index (χ3n) is 3.16. The van der Waals surface area contributed by atoms with Crippen LogP contribution < -0.4 is 5.32 Å². The minimum atomic E-state index is -1.05. The number of benzene rings is 1. The lowest BCUT2D eigenvalue weighted by atomic mass is 10.3. The summed E-state index contributed by atoms with van der Waals surface area (Å²) in [6, 6.07) is 7.88. The molecule has 0 saturated carbocycles. The molecule has 1 aromatic heterocycles. The van der Waals surface area contributed by atoms with Gasteiger partial charge in [0.15, 0.2) is 0 Å². The van der Waals surface area contributed by atoms with Crippen LogP contribution in [0.15, 0.2) is 24.3 Å². The van der Waals surface area contributed by atoms with E-state index in [1.165, 1.54) is 0 Å². The summed E-state index contributed by atoms with van der Waals surface area (Å²) in [6.45, 7) is 1.74. The summed E-state index contributed by atoms with van der Waals surface area (Å²) in [5.41, 5.74) is 0.952.